The van der Waals surface area contributed by atoms with E-state index >= 15 is 0 Å². The molecule has 4 heteroatoms. The summed E-state index contributed by atoms with van der Waals surface area (Å²) in [7, 11) is -2.59. The second-order valence-corrected chi connectivity index (χ2v) is 11.7. The molecule has 0 aliphatic heterocycles. The van der Waals surface area contributed by atoms with E-state index in [1.807, 2.05) is 24.3 Å². The van der Waals surface area contributed by atoms with Crippen LogP contribution in [0.5, 0.6) is 5.75 Å². The average Bonchev–Trinajstić information content (AvgIpc) is 2.67. The molecule has 0 spiro atoms. The monoisotopic (exact) mass is 362 g/mol. The lowest BCUT2D eigenvalue weighted by molar-refractivity contribution is 0.505. The Bertz CT molecular complexity index is 788. The molecule has 0 bridgehead atoms. The molecule has 26 heavy (non-hydrogen) atoms. The molecule has 1 heterocycles. The number of pyridine rings is 1. The van der Waals surface area contributed by atoms with Crippen LogP contribution in [0.4, 0.5) is 0 Å². The fourth-order valence-corrected chi connectivity index (χ4v) is 7.82. The van der Waals surface area contributed by atoms with Crippen molar-refractivity contribution in [1.82, 2.24) is 4.98 Å². The fourth-order valence-electron chi connectivity index (χ4n) is 3.42. The summed E-state index contributed by atoms with van der Waals surface area (Å²) in [5.74, 6) is 0.788. The van der Waals surface area contributed by atoms with E-state index in [0.29, 0.717) is 6.54 Å². The quantitative estimate of drug-likeness (QED) is 0.707. The zero-order valence-corrected chi connectivity index (χ0v) is 16.6. The van der Waals surface area contributed by atoms with Gasteiger partial charge in [-0.05, 0) is 27.5 Å². The summed E-state index contributed by atoms with van der Waals surface area (Å²) in [5.41, 5.74) is 6.54. The number of benzene rings is 2. The van der Waals surface area contributed by atoms with E-state index in [1.54, 1.807) is 6.20 Å². The highest BCUT2D eigenvalue weighted by atomic mass is 28.4. The molecular weight excluding hydrogens is 336 g/mol. The summed E-state index contributed by atoms with van der Waals surface area (Å²) in [6, 6.07) is 25.1. The molecule has 0 aliphatic rings. The van der Waals surface area contributed by atoms with Crippen LogP contribution < -0.4 is 20.5 Å². The largest absolute Gasteiger partial charge is 0.533 e. The van der Waals surface area contributed by atoms with Crippen LogP contribution in [0.3, 0.4) is 0 Å². The Morgan fingerprint density at radius 1 is 0.846 bits per heavy atom. The van der Waals surface area contributed by atoms with Gasteiger partial charge in [0.2, 0.25) is 0 Å². The SMILES string of the molecule is CC(C)(C)[Si](Oc1ccc(CN)nc1)(c1ccccc1)c1ccccc1. The molecule has 2 N–H and O–H groups in total. The van der Waals surface area contributed by atoms with Gasteiger partial charge in [0.15, 0.2) is 0 Å². The summed E-state index contributed by atoms with van der Waals surface area (Å²) in [6.07, 6.45) is 1.79. The number of nitrogens with zero attached hydrogens (tertiary/aromatic N) is 1. The molecule has 0 amide bonds. The fraction of sp³-hybridized carbons (Fsp3) is 0.227. The lowest BCUT2D eigenvalue weighted by atomic mass is 10.2. The molecule has 3 aromatic rings. The van der Waals surface area contributed by atoms with Crippen molar-refractivity contribution in [1.29, 1.82) is 0 Å². The van der Waals surface area contributed by atoms with Crippen molar-refractivity contribution < 1.29 is 4.43 Å². The van der Waals surface area contributed by atoms with E-state index in [4.69, 9.17) is 10.2 Å². The van der Waals surface area contributed by atoms with Crippen LogP contribution in [0.25, 0.3) is 0 Å². The van der Waals surface area contributed by atoms with E-state index in [9.17, 15) is 0 Å². The first kappa shape index (κ1) is 18.4. The zero-order chi connectivity index (χ0) is 18.6. The molecule has 1 aromatic heterocycles. The van der Waals surface area contributed by atoms with Crippen molar-refractivity contribution in [2.75, 3.05) is 0 Å². The Morgan fingerprint density at radius 2 is 1.38 bits per heavy atom. The first-order valence-electron chi connectivity index (χ1n) is 8.92. The number of nitrogens with two attached hydrogens (primary N) is 1. The summed E-state index contributed by atoms with van der Waals surface area (Å²) >= 11 is 0. The number of aromatic nitrogens is 1. The average molecular weight is 363 g/mol. The van der Waals surface area contributed by atoms with Gasteiger partial charge in [-0.15, -0.1) is 0 Å². The maximum absolute atomic E-state index is 6.87. The molecule has 3 nitrogen and oxygen atoms in total. The molecule has 134 valence electrons. The van der Waals surface area contributed by atoms with Crippen molar-refractivity contribution in [2.45, 2.75) is 32.4 Å². The van der Waals surface area contributed by atoms with E-state index in [0.717, 1.165) is 11.4 Å². The Hall–Kier alpha value is -2.43. The molecule has 2 aromatic carbocycles. The summed E-state index contributed by atoms with van der Waals surface area (Å²) in [4.78, 5) is 4.42. The standard InChI is InChI=1S/C22H26N2OSi/c1-22(2,3)26(20-10-6-4-7-11-20,21-12-8-5-9-13-21)25-19-15-14-18(16-23)24-17-19/h4-15,17H,16,23H2,1-3H3. The molecule has 3 rings (SSSR count). The lowest BCUT2D eigenvalue weighted by Gasteiger charge is -2.42. The minimum absolute atomic E-state index is 0.0672. The summed E-state index contributed by atoms with van der Waals surface area (Å²) in [5, 5.41) is 2.44. The smallest absolute Gasteiger partial charge is 0.320 e. The van der Waals surface area contributed by atoms with Crippen molar-refractivity contribution in [3.8, 4) is 5.75 Å². The zero-order valence-electron chi connectivity index (χ0n) is 15.6. The first-order valence-corrected chi connectivity index (χ1v) is 10.8. The van der Waals surface area contributed by atoms with Crippen molar-refractivity contribution in [3.63, 3.8) is 0 Å². The number of hydrogen-bond acceptors (Lipinski definition) is 3. The van der Waals surface area contributed by atoms with Gasteiger partial charge in [-0.3, -0.25) is 4.98 Å². The molecule has 0 unspecified atom stereocenters. The highest BCUT2D eigenvalue weighted by molar-refractivity contribution is 7.00. The number of rotatable bonds is 5. The predicted octanol–water partition coefficient (Wildman–Crippen LogP) is 3.48. The van der Waals surface area contributed by atoms with Gasteiger partial charge < -0.3 is 10.2 Å². The highest BCUT2D eigenvalue weighted by Gasteiger charge is 2.52. The van der Waals surface area contributed by atoms with Gasteiger partial charge in [-0.2, -0.15) is 0 Å². The van der Waals surface area contributed by atoms with Gasteiger partial charge in [-0.1, -0.05) is 81.4 Å². The van der Waals surface area contributed by atoms with Crippen LogP contribution in [0.15, 0.2) is 79.0 Å². The molecule has 0 atom stereocenters. The van der Waals surface area contributed by atoms with Gasteiger partial charge in [0.1, 0.15) is 5.75 Å². The van der Waals surface area contributed by atoms with Crippen LogP contribution in [0.2, 0.25) is 5.04 Å². The van der Waals surface area contributed by atoms with Crippen LogP contribution in [-0.4, -0.2) is 13.3 Å². The van der Waals surface area contributed by atoms with Gasteiger partial charge in [0.25, 0.3) is 0 Å². The Balaban J connectivity index is 2.19. The maximum Gasteiger partial charge on any atom is 0.320 e. The molecule has 0 saturated heterocycles. The summed E-state index contributed by atoms with van der Waals surface area (Å²) < 4.78 is 6.87. The van der Waals surface area contributed by atoms with Crippen molar-refractivity contribution in [3.05, 3.63) is 84.7 Å². The third kappa shape index (κ3) is 3.43. The molecule has 0 saturated carbocycles. The van der Waals surface area contributed by atoms with E-state index in [1.165, 1.54) is 10.4 Å². The molecule has 0 fully saturated rings. The molecule has 0 radical (unpaired) electrons. The minimum atomic E-state index is -2.59. The van der Waals surface area contributed by atoms with Crippen LogP contribution in [-0.2, 0) is 6.54 Å². The highest BCUT2D eigenvalue weighted by Crippen LogP contribution is 2.37. The first-order chi connectivity index (χ1) is 12.5. The van der Waals surface area contributed by atoms with Gasteiger partial charge in [0.05, 0.1) is 11.9 Å². The normalized spacial score (nSPS) is 12.0. The van der Waals surface area contributed by atoms with Crippen LogP contribution in [0, 0.1) is 0 Å². The summed E-state index contributed by atoms with van der Waals surface area (Å²) in [6.45, 7) is 7.22. The van der Waals surface area contributed by atoms with Crippen molar-refractivity contribution >= 4 is 18.7 Å². The second-order valence-electron chi connectivity index (χ2n) is 7.45. The number of hydrogen-bond donors (Lipinski definition) is 1. The van der Waals surface area contributed by atoms with E-state index < -0.39 is 8.32 Å². The third-order valence-corrected chi connectivity index (χ3v) is 9.64. The van der Waals surface area contributed by atoms with Gasteiger partial charge in [0, 0.05) is 6.54 Å². The van der Waals surface area contributed by atoms with E-state index in [-0.39, 0.29) is 5.04 Å². The second kappa shape index (κ2) is 7.44. The van der Waals surface area contributed by atoms with Crippen LogP contribution in [0.1, 0.15) is 26.5 Å². The topological polar surface area (TPSA) is 48.1 Å². The lowest BCUT2D eigenvalue weighted by Crippen LogP contribution is -2.68. The Morgan fingerprint density at radius 3 is 1.77 bits per heavy atom. The predicted molar refractivity (Wildman–Crippen MR) is 110 cm³/mol. The Kier molecular flexibility index (Phi) is 5.25. The van der Waals surface area contributed by atoms with Gasteiger partial charge in [-0.25, -0.2) is 0 Å². The van der Waals surface area contributed by atoms with Crippen molar-refractivity contribution in [2.24, 2.45) is 5.73 Å². The third-order valence-electron chi connectivity index (χ3n) is 4.69. The minimum Gasteiger partial charge on any atom is -0.533 e. The Labute approximate surface area is 157 Å². The maximum atomic E-state index is 6.87. The molecule has 0 aliphatic carbocycles. The molecular formula is C22H26N2OSi. The van der Waals surface area contributed by atoms with E-state index in [2.05, 4.69) is 74.3 Å². The van der Waals surface area contributed by atoms with Crippen LogP contribution >= 0.6 is 0 Å². The van der Waals surface area contributed by atoms with Gasteiger partial charge >= 0.3 is 8.32 Å².